The van der Waals surface area contributed by atoms with E-state index < -0.39 is 24.3 Å². The highest BCUT2D eigenvalue weighted by Gasteiger charge is 2.44. The second-order valence-corrected chi connectivity index (χ2v) is 5.34. The summed E-state index contributed by atoms with van der Waals surface area (Å²) in [5.41, 5.74) is 0.930. The van der Waals surface area contributed by atoms with Crippen LogP contribution in [0.4, 0.5) is 9.59 Å². The molecule has 2 N–H and O–H groups in total. The standard InChI is InChI=1S/C15H17N3O5/c19-13-12(11(17-13)9-18-6-7-22-15(18)21)23-14(20)16-8-10-4-2-1-3-5-10/h1-5,11-12H,6-9H2,(H,16,20)(H,17,19)/t11-,12+/m1/s1. The van der Waals surface area contributed by atoms with Crippen LogP contribution in [0.15, 0.2) is 30.3 Å². The Morgan fingerprint density at radius 2 is 2.13 bits per heavy atom. The van der Waals surface area contributed by atoms with Crippen LogP contribution < -0.4 is 10.6 Å². The van der Waals surface area contributed by atoms with E-state index in [0.29, 0.717) is 19.7 Å². The van der Waals surface area contributed by atoms with Crippen molar-refractivity contribution in [1.29, 1.82) is 0 Å². The van der Waals surface area contributed by atoms with Gasteiger partial charge in [-0.15, -0.1) is 0 Å². The van der Waals surface area contributed by atoms with Gasteiger partial charge < -0.3 is 25.0 Å². The number of nitrogens with zero attached hydrogens (tertiary/aromatic N) is 1. The highest BCUT2D eigenvalue weighted by molar-refractivity contribution is 5.90. The van der Waals surface area contributed by atoms with E-state index in [1.54, 1.807) is 0 Å². The molecule has 2 atom stereocenters. The van der Waals surface area contributed by atoms with Crippen molar-refractivity contribution in [2.75, 3.05) is 19.7 Å². The van der Waals surface area contributed by atoms with Gasteiger partial charge in [0, 0.05) is 13.1 Å². The number of rotatable bonds is 5. The number of nitrogens with one attached hydrogen (secondary N) is 2. The molecule has 3 rings (SSSR count). The van der Waals surface area contributed by atoms with E-state index >= 15 is 0 Å². The van der Waals surface area contributed by atoms with Crippen molar-refractivity contribution in [3.63, 3.8) is 0 Å². The third-order valence-corrected chi connectivity index (χ3v) is 3.73. The van der Waals surface area contributed by atoms with Crippen molar-refractivity contribution in [1.82, 2.24) is 15.5 Å². The van der Waals surface area contributed by atoms with Crippen LogP contribution in [0.1, 0.15) is 5.56 Å². The van der Waals surface area contributed by atoms with E-state index in [4.69, 9.17) is 9.47 Å². The minimum atomic E-state index is -0.890. The van der Waals surface area contributed by atoms with E-state index in [1.807, 2.05) is 30.3 Å². The van der Waals surface area contributed by atoms with Crippen LogP contribution in [-0.4, -0.2) is 54.8 Å². The van der Waals surface area contributed by atoms with Gasteiger partial charge in [-0.2, -0.15) is 0 Å². The molecule has 2 fully saturated rings. The van der Waals surface area contributed by atoms with E-state index in [-0.39, 0.29) is 12.5 Å². The Labute approximate surface area is 132 Å². The first-order valence-corrected chi connectivity index (χ1v) is 7.34. The highest BCUT2D eigenvalue weighted by atomic mass is 16.6. The van der Waals surface area contributed by atoms with E-state index in [2.05, 4.69) is 10.6 Å². The second kappa shape index (κ2) is 6.55. The summed E-state index contributed by atoms with van der Waals surface area (Å²) in [6.45, 7) is 1.39. The number of carbonyl (C=O) groups is 3. The maximum atomic E-state index is 11.8. The molecule has 1 aromatic carbocycles. The highest BCUT2D eigenvalue weighted by Crippen LogP contribution is 2.15. The van der Waals surface area contributed by atoms with Gasteiger partial charge in [0.2, 0.25) is 6.10 Å². The van der Waals surface area contributed by atoms with Gasteiger partial charge in [-0.3, -0.25) is 4.79 Å². The van der Waals surface area contributed by atoms with Crippen LogP contribution in [0.2, 0.25) is 0 Å². The maximum Gasteiger partial charge on any atom is 0.410 e. The minimum Gasteiger partial charge on any atom is -0.448 e. The fourth-order valence-electron chi connectivity index (χ4n) is 2.46. The van der Waals surface area contributed by atoms with Crippen LogP contribution in [0.5, 0.6) is 0 Å². The lowest BCUT2D eigenvalue weighted by molar-refractivity contribution is -0.143. The molecule has 23 heavy (non-hydrogen) atoms. The number of cyclic esters (lactones) is 1. The zero-order chi connectivity index (χ0) is 16.2. The van der Waals surface area contributed by atoms with Crippen molar-refractivity contribution in [2.45, 2.75) is 18.7 Å². The van der Waals surface area contributed by atoms with Gasteiger partial charge in [-0.25, -0.2) is 9.59 Å². The molecule has 8 heteroatoms. The summed E-state index contributed by atoms with van der Waals surface area (Å²) in [4.78, 5) is 36.2. The Hall–Kier alpha value is -2.77. The molecule has 0 aromatic heterocycles. The molecule has 0 radical (unpaired) electrons. The summed E-state index contributed by atoms with van der Waals surface area (Å²) in [6, 6.07) is 8.96. The van der Waals surface area contributed by atoms with E-state index in [0.717, 1.165) is 5.56 Å². The first-order chi connectivity index (χ1) is 11.1. The summed E-state index contributed by atoms with van der Waals surface area (Å²) in [6.07, 6.45) is -1.97. The molecule has 3 amide bonds. The number of alkyl carbamates (subject to hydrolysis) is 1. The molecule has 0 saturated carbocycles. The quantitative estimate of drug-likeness (QED) is 0.757. The first-order valence-electron chi connectivity index (χ1n) is 7.34. The summed E-state index contributed by atoms with van der Waals surface area (Å²) in [5.74, 6) is -0.363. The third kappa shape index (κ3) is 3.53. The normalized spacial score (nSPS) is 22.9. The Bertz CT molecular complexity index is 606. The van der Waals surface area contributed by atoms with Gasteiger partial charge in [0.15, 0.2) is 0 Å². The van der Waals surface area contributed by atoms with Crippen molar-refractivity contribution in [3.05, 3.63) is 35.9 Å². The third-order valence-electron chi connectivity index (χ3n) is 3.73. The molecule has 8 nitrogen and oxygen atoms in total. The molecule has 0 aliphatic carbocycles. The van der Waals surface area contributed by atoms with Crippen molar-refractivity contribution in [2.24, 2.45) is 0 Å². The monoisotopic (exact) mass is 319 g/mol. The Morgan fingerprint density at radius 3 is 2.78 bits per heavy atom. The van der Waals surface area contributed by atoms with Crippen LogP contribution in [-0.2, 0) is 20.8 Å². The number of carbonyl (C=O) groups excluding carboxylic acids is 3. The predicted octanol–water partition coefficient (Wildman–Crippen LogP) is 0.232. The molecule has 122 valence electrons. The van der Waals surface area contributed by atoms with Gasteiger partial charge >= 0.3 is 12.2 Å². The zero-order valence-electron chi connectivity index (χ0n) is 12.4. The molecule has 0 bridgehead atoms. The van der Waals surface area contributed by atoms with Gasteiger partial charge in [0.05, 0.1) is 12.6 Å². The maximum absolute atomic E-state index is 11.8. The largest absolute Gasteiger partial charge is 0.448 e. The summed E-state index contributed by atoms with van der Waals surface area (Å²) < 4.78 is 9.96. The smallest absolute Gasteiger partial charge is 0.410 e. The second-order valence-electron chi connectivity index (χ2n) is 5.34. The van der Waals surface area contributed by atoms with Crippen LogP contribution in [0.3, 0.4) is 0 Å². The van der Waals surface area contributed by atoms with Crippen molar-refractivity contribution < 1.29 is 23.9 Å². The lowest BCUT2D eigenvalue weighted by Crippen LogP contribution is -2.67. The molecular formula is C15H17N3O5. The number of benzene rings is 1. The van der Waals surface area contributed by atoms with Gasteiger partial charge in [0.1, 0.15) is 6.61 Å². The molecule has 2 aliphatic rings. The fourth-order valence-corrected chi connectivity index (χ4v) is 2.46. The van der Waals surface area contributed by atoms with Crippen LogP contribution >= 0.6 is 0 Å². The van der Waals surface area contributed by atoms with Crippen molar-refractivity contribution in [3.8, 4) is 0 Å². The number of ether oxygens (including phenoxy) is 2. The summed E-state index contributed by atoms with van der Waals surface area (Å²) in [5, 5.41) is 5.22. The molecule has 2 heterocycles. The van der Waals surface area contributed by atoms with E-state index in [9.17, 15) is 14.4 Å². The van der Waals surface area contributed by atoms with Crippen LogP contribution in [0.25, 0.3) is 0 Å². The van der Waals surface area contributed by atoms with Gasteiger partial charge in [-0.05, 0) is 5.56 Å². The fraction of sp³-hybridized carbons (Fsp3) is 0.400. The lowest BCUT2D eigenvalue weighted by Gasteiger charge is -2.37. The Kier molecular flexibility index (Phi) is 4.31. The number of β-lactam (4-membered cyclic amide) rings is 1. The van der Waals surface area contributed by atoms with Gasteiger partial charge in [-0.1, -0.05) is 30.3 Å². The topological polar surface area (TPSA) is 97.0 Å². The molecular weight excluding hydrogens is 302 g/mol. The van der Waals surface area contributed by atoms with Gasteiger partial charge in [0.25, 0.3) is 5.91 Å². The first kappa shape index (κ1) is 15.1. The summed E-state index contributed by atoms with van der Waals surface area (Å²) in [7, 11) is 0. The number of hydrogen-bond donors (Lipinski definition) is 2. The molecule has 2 saturated heterocycles. The predicted molar refractivity (Wildman–Crippen MR) is 78.4 cm³/mol. The molecule has 2 aliphatic heterocycles. The molecule has 0 unspecified atom stereocenters. The molecule has 1 aromatic rings. The SMILES string of the molecule is O=C(NCc1ccccc1)O[C@@H]1C(=O)N[C@@H]1CN1CCOC1=O. The lowest BCUT2D eigenvalue weighted by atomic mass is 10.0. The number of amides is 3. The molecule has 0 spiro atoms. The Morgan fingerprint density at radius 1 is 1.35 bits per heavy atom. The summed E-state index contributed by atoms with van der Waals surface area (Å²) >= 11 is 0. The number of hydrogen-bond acceptors (Lipinski definition) is 5. The van der Waals surface area contributed by atoms with E-state index in [1.165, 1.54) is 4.90 Å². The minimum absolute atomic E-state index is 0.265. The zero-order valence-corrected chi connectivity index (χ0v) is 12.4. The van der Waals surface area contributed by atoms with Crippen LogP contribution in [0, 0.1) is 0 Å². The Balaban J connectivity index is 1.46. The average molecular weight is 319 g/mol. The van der Waals surface area contributed by atoms with Crippen molar-refractivity contribution >= 4 is 18.1 Å². The average Bonchev–Trinajstić information content (AvgIpc) is 2.96.